The maximum absolute atomic E-state index is 12.7. The minimum Gasteiger partial charge on any atom is -0.445 e. The highest BCUT2D eigenvalue weighted by Crippen LogP contribution is 2.27. The predicted octanol–water partition coefficient (Wildman–Crippen LogP) is 10.7. The van der Waals surface area contributed by atoms with E-state index in [1.807, 2.05) is 129 Å². The molecule has 0 aliphatic carbocycles. The Morgan fingerprint density at radius 1 is 0.704 bits per heavy atom. The van der Waals surface area contributed by atoms with Gasteiger partial charge in [0.2, 0.25) is 0 Å². The van der Waals surface area contributed by atoms with Crippen LogP contribution in [0.3, 0.4) is 0 Å². The van der Waals surface area contributed by atoms with E-state index in [1.54, 1.807) is 0 Å². The molecule has 0 aliphatic rings. The van der Waals surface area contributed by atoms with Gasteiger partial charge in [-0.3, -0.25) is 0 Å². The largest absolute Gasteiger partial charge is 0.500 e. The topological polar surface area (TPSA) is 104 Å². The lowest BCUT2D eigenvalue weighted by molar-refractivity contribution is 0.0694. The number of ether oxygens (including phenoxy) is 2. The standard InChI is InChI=1S/C44H66N2O7Si/c1-12-51-54(52-13-2,53-14-3)31-28-36(23-17-19-30-50-42(48)46-44(10,11)40-27-21-25-38(33-40)35(6)7)22-16-15-18-29-49-41(47)45-43(8,9)39-26-20-24-37(32-39)34(4)5/h15,17-21,24-27,32-33,36H,4,6,12-14,16,22-23,28-31H2,1-3,5,7-11H3,(H,45,47)(H,46,48). The molecule has 0 bridgehead atoms. The Labute approximate surface area is 326 Å². The summed E-state index contributed by atoms with van der Waals surface area (Å²) in [5.41, 5.74) is 4.71. The first kappa shape index (κ1) is 46.2. The van der Waals surface area contributed by atoms with Crippen LogP contribution in [0.4, 0.5) is 9.59 Å². The summed E-state index contributed by atoms with van der Waals surface area (Å²) in [4.78, 5) is 25.4. The van der Waals surface area contributed by atoms with Crippen molar-refractivity contribution in [1.29, 1.82) is 0 Å². The number of hydrogen-bond donors (Lipinski definition) is 2. The third kappa shape index (κ3) is 16.2. The normalized spacial score (nSPS) is 12.8. The molecule has 9 nitrogen and oxygen atoms in total. The molecule has 0 saturated heterocycles. The van der Waals surface area contributed by atoms with Crippen LogP contribution in [-0.4, -0.2) is 54.0 Å². The van der Waals surface area contributed by atoms with Crippen molar-refractivity contribution in [3.63, 3.8) is 0 Å². The quantitative estimate of drug-likeness (QED) is 0.0810. The Bertz CT molecular complexity index is 1550. The fourth-order valence-corrected chi connectivity index (χ4v) is 8.72. The van der Waals surface area contributed by atoms with E-state index in [0.717, 1.165) is 59.1 Å². The third-order valence-corrected chi connectivity index (χ3v) is 12.2. The van der Waals surface area contributed by atoms with Crippen molar-refractivity contribution in [2.24, 2.45) is 5.92 Å². The first-order valence-corrected chi connectivity index (χ1v) is 21.2. The van der Waals surface area contributed by atoms with Crippen molar-refractivity contribution in [3.8, 4) is 0 Å². The summed E-state index contributed by atoms with van der Waals surface area (Å²) < 4.78 is 29.3. The zero-order chi connectivity index (χ0) is 40.2. The molecule has 298 valence electrons. The summed E-state index contributed by atoms with van der Waals surface area (Å²) in [6.07, 6.45) is 10.3. The van der Waals surface area contributed by atoms with Crippen LogP contribution in [0.2, 0.25) is 6.04 Å². The molecule has 2 rings (SSSR count). The van der Waals surface area contributed by atoms with E-state index < -0.39 is 32.1 Å². The zero-order valence-electron chi connectivity index (χ0n) is 34.3. The molecule has 0 spiro atoms. The van der Waals surface area contributed by atoms with E-state index in [-0.39, 0.29) is 13.2 Å². The molecule has 2 aromatic carbocycles. The van der Waals surface area contributed by atoms with Crippen molar-refractivity contribution in [1.82, 2.24) is 10.6 Å². The molecule has 0 aliphatic heterocycles. The Kier molecular flexibility index (Phi) is 19.7. The molecule has 54 heavy (non-hydrogen) atoms. The second kappa shape index (κ2) is 23.1. The van der Waals surface area contributed by atoms with Crippen molar-refractivity contribution < 1.29 is 32.3 Å². The average Bonchev–Trinajstić information content (AvgIpc) is 3.11. The van der Waals surface area contributed by atoms with E-state index in [4.69, 9.17) is 22.8 Å². The Morgan fingerprint density at radius 3 is 1.57 bits per heavy atom. The molecular formula is C44H66N2O7Si. The van der Waals surface area contributed by atoms with Crippen LogP contribution in [0.15, 0.2) is 86.0 Å². The highest BCUT2D eigenvalue weighted by molar-refractivity contribution is 6.60. The highest BCUT2D eigenvalue weighted by atomic mass is 28.4. The monoisotopic (exact) mass is 762 g/mol. The smallest absolute Gasteiger partial charge is 0.445 e. The second-order valence-corrected chi connectivity index (χ2v) is 17.3. The Morgan fingerprint density at radius 2 is 1.15 bits per heavy atom. The lowest BCUT2D eigenvalue weighted by atomic mass is 9.92. The van der Waals surface area contributed by atoms with Gasteiger partial charge in [0.15, 0.2) is 0 Å². The lowest BCUT2D eigenvalue weighted by Gasteiger charge is -2.29. The number of carbonyl (C=O) groups is 2. The number of amides is 2. The van der Waals surface area contributed by atoms with Gasteiger partial charge in [-0.15, -0.1) is 0 Å². The van der Waals surface area contributed by atoms with E-state index in [2.05, 4.69) is 29.9 Å². The number of hydrogen-bond acceptors (Lipinski definition) is 7. The Balaban J connectivity index is 1.96. The molecule has 0 radical (unpaired) electrons. The summed E-state index contributed by atoms with van der Waals surface area (Å²) in [7, 11) is -2.81. The van der Waals surface area contributed by atoms with Crippen LogP contribution in [0.5, 0.6) is 0 Å². The van der Waals surface area contributed by atoms with Crippen molar-refractivity contribution in [3.05, 3.63) is 108 Å². The number of benzene rings is 2. The molecule has 0 aromatic heterocycles. The predicted molar refractivity (Wildman–Crippen MR) is 223 cm³/mol. The van der Waals surface area contributed by atoms with Crippen molar-refractivity contribution in [2.75, 3.05) is 33.0 Å². The zero-order valence-corrected chi connectivity index (χ0v) is 35.3. The molecule has 0 fully saturated rings. The average molecular weight is 763 g/mol. The van der Waals surface area contributed by atoms with E-state index in [1.165, 1.54) is 0 Å². The van der Waals surface area contributed by atoms with E-state index in [9.17, 15) is 9.59 Å². The van der Waals surface area contributed by atoms with Gasteiger partial charge < -0.3 is 33.4 Å². The summed E-state index contributed by atoms with van der Waals surface area (Å²) in [5, 5.41) is 5.95. The maximum Gasteiger partial charge on any atom is 0.500 e. The highest BCUT2D eigenvalue weighted by Gasteiger charge is 2.40. The fraction of sp³-hybridized carbons (Fsp3) is 0.500. The van der Waals surface area contributed by atoms with Crippen molar-refractivity contribution >= 4 is 32.1 Å². The van der Waals surface area contributed by atoms with Gasteiger partial charge in [0.25, 0.3) is 0 Å². The second-order valence-electron chi connectivity index (χ2n) is 14.6. The summed E-state index contributed by atoms with van der Waals surface area (Å²) in [6, 6.07) is 16.7. The van der Waals surface area contributed by atoms with Gasteiger partial charge in [0.1, 0.15) is 13.2 Å². The molecule has 2 amide bonds. The maximum atomic E-state index is 12.7. The lowest BCUT2D eigenvalue weighted by Crippen LogP contribution is -2.46. The first-order valence-electron chi connectivity index (χ1n) is 19.2. The van der Waals surface area contributed by atoms with Gasteiger partial charge in [-0.05, 0) is 128 Å². The van der Waals surface area contributed by atoms with Gasteiger partial charge in [0, 0.05) is 25.9 Å². The van der Waals surface area contributed by atoms with Gasteiger partial charge in [-0.2, -0.15) is 0 Å². The van der Waals surface area contributed by atoms with Gasteiger partial charge in [-0.25, -0.2) is 9.59 Å². The minimum absolute atomic E-state index is 0.158. The van der Waals surface area contributed by atoms with Crippen LogP contribution in [0.1, 0.15) is 110 Å². The van der Waals surface area contributed by atoms with Gasteiger partial charge in [-0.1, -0.05) is 85.0 Å². The summed E-state index contributed by atoms with van der Waals surface area (Å²) in [5.74, 6) is 0.299. The number of alkyl carbamates (subject to hydrolysis) is 2. The van der Waals surface area contributed by atoms with Crippen LogP contribution in [0, 0.1) is 5.92 Å². The number of nitrogens with one attached hydrogen (secondary N) is 2. The molecule has 2 aromatic rings. The van der Waals surface area contributed by atoms with Gasteiger partial charge >= 0.3 is 21.0 Å². The molecule has 1 atom stereocenters. The molecule has 1 unspecified atom stereocenters. The summed E-state index contributed by atoms with van der Waals surface area (Å²) in [6.45, 7) is 27.6. The number of carbonyl (C=O) groups excluding carboxylic acids is 2. The molecule has 2 N–H and O–H groups in total. The Hall–Kier alpha value is -3.96. The molecule has 0 heterocycles. The number of allylic oxidation sites excluding steroid dienone is 4. The van der Waals surface area contributed by atoms with Crippen LogP contribution in [-0.2, 0) is 33.8 Å². The van der Waals surface area contributed by atoms with Gasteiger partial charge in [0.05, 0.1) is 11.1 Å². The molecule has 0 saturated carbocycles. The summed E-state index contributed by atoms with van der Waals surface area (Å²) >= 11 is 0. The van der Waals surface area contributed by atoms with E-state index in [0.29, 0.717) is 31.8 Å². The van der Waals surface area contributed by atoms with Crippen LogP contribution < -0.4 is 10.6 Å². The minimum atomic E-state index is -2.81. The molecule has 10 heteroatoms. The SMILES string of the molecule is C=C(C)c1cccc(C(C)(C)NC(=O)OCC=CCCC(CC=CCOC(=O)NC(C)(C)c2cccc(C(=C)C)c2)CC[Si](OCC)(OCC)OCC)c1. The van der Waals surface area contributed by atoms with Crippen LogP contribution >= 0.6 is 0 Å². The van der Waals surface area contributed by atoms with Crippen LogP contribution in [0.25, 0.3) is 11.1 Å². The fourth-order valence-electron chi connectivity index (χ4n) is 5.96. The first-order chi connectivity index (χ1) is 25.6. The van der Waals surface area contributed by atoms with Crippen molar-refractivity contribution in [2.45, 2.75) is 105 Å². The molecular weight excluding hydrogens is 697 g/mol. The van der Waals surface area contributed by atoms with E-state index >= 15 is 0 Å². The number of rotatable bonds is 24. The third-order valence-electron chi connectivity index (χ3n) is 9.10.